The van der Waals surface area contributed by atoms with Crippen LogP contribution in [0.2, 0.25) is 0 Å². The van der Waals surface area contributed by atoms with Gasteiger partial charge in [0.15, 0.2) is 23.2 Å². The summed E-state index contributed by atoms with van der Waals surface area (Å²) in [7, 11) is 1.89. The number of nitrogens with zero attached hydrogens (tertiary/aromatic N) is 6. The van der Waals surface area contributed by atoms with Crippen molar-refractivity contribution >= 4 is 36.5 Å². The lowest BCUT2D eigenvalue weighted by molar-refractivity contribution is -0.0969. The van der Waals surface area contributed by atoms with Crippen molar-refractivity contribution in [1.82, 2.24) is 29.1 Å². The summed E-state index contributed by atoms with van der Waals surface area (Å²) >= 11 is 0. The summed E-state index contributed by atoms with van der Waals surface area (Å²) in [5.74, 6) is 1.45. The van der Waals surface area contributed by atoms with E-state index in [0.717, 1.165) is 16.7 Å². The second-order valence-electron chi connectivity index (χ2n) is 19.8. The minimum Gasteiger partial charge on any atom is -0.497 e. The normalized spacial score (nSPS) is 17.3. The molecule has 424 valence electrons. The quantitative estimate of drug-likeness (QED) is 0.0290. The molecule has 7 aromatic rings. The molecule has 5 atom stereocenters. The van der Waals surface area contributed by atoms with E-state index in [4.69, 9.17) is 47.2 Å². The number of rotatable bonds is 27. The second kappa shape index (κ2) is 26.9. The minimum atomic E-state index is -4.46. The fourth-order valence-electron chi connectivity index (χ4n) is 10.0. The molecule has 2 amide bonds. The van der Waals surface area contributed by atoms with Crippen molar-refractivity contribution in [3.8, 4) is 17.2 Å². The summed E-state index contributed by atoms with van der Waals surface area (Å²) in [5.41, 5.74) is 2.43. The van der Waals surface area contributed by atoms with E-state index in [2.05, 4.69) is 15.3 Å². The number of fused-ring (bicyclic) bond motifs is 1. The molecule has 1 aliphatic heterocycles. The van der Waals surface area contributed by atoms with Crippen LogP contribution >= 0.6 is 7.75 Å². The number of anilines is 1. The van der Waals surface area contributed by atoms with Crippen molar-refractivity contribution in [3.63, 3.8) is 0 Å². The second-order valence-corrected chi connectivity index (χ2v) is 21.7. The Labute approximate surface area is 468 Å². The molecule has 80 heavy (non-hydrogen) atoms. The monoisotopic (exact) mass is 1110 g/mol. The maximum absolute atomic E-state index is 16.4. The molecule has 0 bridgehead atoms. The molecule has 1 aliphatic rings. The molecule has 0 saturated carbocycles. The van der Waals surface area contributed by atoms with E-state index >= 15 is 4.57 Å². The van der Waals surface area contributed by atoms with Crippen molar-refractivity contribution in [2.75, 3.05) is 66.7 Å². The number of amides is 2. The van der Waals surface area contributed by atoms with Crippen LogP contribution in [0.1, 0.15) is 85.2 Å². The van der Waals surface area contributed by atoms with Gasteiger partial charge in [0.1, 0.15) is 47.5 Å². The number of carbonyl (C=O) groups is 2. The van der Waals surface area contributed by atoms with Crippen molar-refractivity contribution in [2.45, 2.75) is 89.8 Å². The largest absolute Gasteiger partial charge is 0.497 e. The van der Waals surface area contributed by atoms with Crippen LogP contribution in [-0.4, -0.2) is 139 Å². The number of methoxy groups -OCH3 is 4. The number of hydrogen-bond donors (Lipinski definition) is 1. The molecule has 0 aliphatic carbocycles. The molecule has 1 saturated heterocycles. The third-order valence-electron chi connectivity index (χ3n) is 13.8. The Morgan fingerprint density at radius 3 is 1.77 bits per heavy atom. The standard InChI is InChI=1S/C60H72N7O12P/c1-40(2)65(58(69)44-21-27-48(72-8)28-22-44)33-34-77-80(70,67(41(3)4)42(5)6)79-53-51(37-76-60(45-19-15-12-16-20-45,46-23-29-49(73-9)30-24-46)47-25-31-50(74-10)32-26-47)78-59(54(53)75-36-35-71-7)66-39-63-52-55(61-38-62-56(52)66)64-57(68)43-17-13-11-14-18-43/h11-32,38-42,51,53-54,59H,33-37H2,1-10H3,(H,61,62,64,68)/t51-,53-,54-,59-,80?/m1/s1. The molecular formula is C60H72N7O12P. The van der Waals surface area contributed by atoms with Gasteiger partial charge in [-0.3, -0.25) is 23.2 Å². The highest BCUT2D eigenvalue weighted by atomic mass is 31.2. The van der Waals surface area contributed by atoms with Crippen LogP contribution in [0.5, 0.6) is 17.2 Å². The van der Waals surface area contributed by atoms with Crippen molar-refractivity contribution in [3.05, 3.63) is 174 Å². The van der Waals surface area contributed by atoms with Crippen molar-refractivity contribution in [2.24, 2.45) is 0 Å². The Morgan fingerprint density at radius 2 is 1.23 bits per heavy atom. The number of benzene rings is 5. The van der Waals surface area contributed by atoms with Crippen LogP contribution < -0.4 is 19.5 Å². The average molecular weight is 1110 g/mol. The molecule has 1 fully saturated rings. The van der Waals surface area contributed by atoms with E-state index in [0.29, 0.717) is 34.0 Å². The van der Waals surface area contributed by atoms with Crippen LogP contribution in [-0.2, 0) is 38.2 Å². The topological polar surface area (TPSA) is 196 Å². The fraction of sp³-hybridized carbons (Fsp3) is 0.383. The first-order chi connectivity index (χ1) is 38.7. The number of hydrogen-bond acceptors (Lipinski definition) is 15. The summed E-state index contributed by atoms with van der Waals surface area (Å²) in [5, 5.41) is 2.89. The van der Waals surface area contributed by atoms with E-state index in [9.17, 15) is 9.59 Å². The van der Waals surface area contributed by atoms with Gasteiger partial charge < -0.3 is 43.4 Å². The zero-order valence-corrected chi connectivity index (χ0v) is 47.9. The summed E-state index contributed by atoms with van der Waals surface area (Å²) in [6.45, 7) is 11.4. The fourth-order valence-corrected chi connectivity index (χ4v) is 12.3. The highest BCUT2D eigenvalue weighted by molar-refractivity contribution is 7.51. The SMILES string of the molecule is COCCO[C@@H]1[C@H](OP(=O)(OCCN(C(=O)c2ccc(OC)cc2)C(C)C)N(C(C)C)C(C)C)[C@@H](COC(c2ccccc2)(c2ccc(OC)cc2)c2ccc(OC)cc2)O[C@H]1n1cnc2c(NC(=O)c3ccccc3)ncnc21. The maximum Gasteiger partial charge on any atom is 0.409 e. The number of ether oxygens (including phenoxy) is 7. The first-order valence-corrected chi connectivity index (χ1v) is 28.1. The smallest absolute Gasteiger partial charge is 0.409 e. The summed E-state index contributed by atoms with van der Waals surface area (Å²) in [4.78, 5) is 43.1. The summed E-state index contributed by atoms with van der Waals surface area (Å²) < 4.78 is 77.2. The predicted molar refractivity (Wildman–Crippen MR) is 303 cm³/mol. The van der Waals surface area contributed by atoms with Gasteiger partial charge in [0.25, 0.3) is 11.8 Å². The molecule has 1 unspecified atom stereocenters. The van der Waals surface area contributed by atoms with Gasteiger partial charge in [-0.25, -0.2) is 24.2 Å². The van der Waals surface area contributed by atoms with Crippen LogP contribution in [0, 0.1) is 0 Å². The van der Waals surface area contributed by atoms with E-state index in [-0.39, 0.29) is 68.3 Å². The average Bonchev–Trinajstić information content (AvgIpc) is 4.09. The van der Waals surface area contributed by atoms with E-state index < -0.39 is 43.8 Å². The molecule has 20 heteroatoms. The highest BCUT2D eigenvalue weighted by Gasteiger charge is 2.54. The summed E-state index contributed by atoms with van der Waals surface area (Å²) in [6.07, 6.45) is -1.61. The van der Waals surface area contributed by atoms with Gasteiger partial charge in [-0.1, -0.05) is 72.8 Å². The van der Waals surface area contributed by atoms with E-state index in [1.165, 1.54) is 12.7 Å². The molecule has 3 heterocycles. The number of carbonyl (C=O) groups excluding carboxylic acids is 2. The zero-order chi connectivity index (χ0) is 57.0. The van der Waals surface area contributed by atoms with E-state index in [1.807, 2.05) is 126 Å². The lowest BCUT2D eigenvalue weighted by Gasteiger charge is -2.40. The van der Waals surface area contributed by atoms with E-state index in [1.54, 1.807) is 91.1 Å². The third-order valence-corrected chi connectivity index (χ3v) is 16.3. The molecule has 1 N–H and O–H groups in total. The molecule has 8 rings (SSSR count). The number of nitrogens with one attached hydrogen (secondary N) is 1. The predicted octanol–water partition coefficient (Wildman–Crippen LogP) is 10.2. The Bertz CT molecular complexity index is 3090. The van der Waals surface area contributed by atoms with Crippen molar-refractivity contribution < 1.29 is 56.4 Å². The highest BCUT2D eigenvalue weighted by Crippen LogP contribution is 2.58. The molecular weight excluding hydrogens is 1040 g/mol. The Balaban J connectivity index is 1.25. The Hall–Kier alpha value is -7.06. The Morgan fingerprint density at radius 1 is 0.662 bits per heavy atom. The zero-order valence-electron chi connectivity index (χ0n) is 47.0. The van der Waals surface area contributed by atoms with Crippen molar-refractivity contribution in [1.29, 1.82) is 0 Å². The van der Waals surface area contributed by atoms with Crippen LogP contribution in [0.15, 0.2) is 146 Å². The molecule has 19 nitrogen and oxygen atoms in total. The minimum absolute atomic E-state index is 0.0557. The van der Waals surface area contributed by atoms with Crippen LogP contribution in [0.3, 0.4) is 0 Å². The van der Waals surface area contributed by atoms with Crippen LogP contribution in [0.25, 0.3) is 11.2 Å². The van der Waals surface area contributed by atoms with Gasteiger partial charge in [-0.15, -0.1) is 0 Å². The molecule has 0 spiro atoms. The van der Waals surface area contributed by atoms with Gasteiger partial charge in [-0.05, 0) is 119 Å². The summed E-state index contributed by atoms with van der Waals surface area (Å²) in [6, 6.07) is 39.8. The number of imidazole rings is 1. The number of aromatic nitrogens is 4. The van der Waals surface area contributed by atoms with Gasteiger partial charge in [0.2, 0.25) is 0 Å². The van der Waals surface area contributed by atoms with Gasteiger partial charge >= 0.3 is 7.75 Å². The first kappa shape index (κ1) is 59.1. The first-order valence-electron chi connectivity index (χ1n) is 26.6. The molecule has 5 aromatic carbocycles. The van der Waals surface area contributed by atoms with Gasteiger partial charge in [0.05, 0.1) is 54.1 Å². The molecule has 2 aromatic heterocycles. The third kappa shape index (κ3) is 13.1. The lowest BCUT2D eigenvalue weighted by Crippen LogP contribution is -2.44. The maximum atomic E-state index is 16.4. The Kier molecular flexibility index (Phi) is 19.9. The van der Waals surface area contributed by atoms with Gasteiger partial charge in [-0.2, -0.15) is 0 Å². The van der Waals surface area contributed by atoms with Crippen LogP contribution in [0.4, 0.5) is 5.82 Å². The molecule has 0 radical (unpaired) electrons. The lowest BCUT2D eigenvalue weighted by atomic mass is 9.80. The van der Waals surface area contributed by atoms with Gasteiger partial charge in [0, 0.05) is 42.9 Å².